The van der Waals surface area contributed by atoms with E-state index < -0.39 is 0 Å². The van der Waals surface area contributed by atoms with Gasteiger partial charge in [0, 0.05) is 12.0 Å². The van der Waals surface area contributed by atoms with Crippen LogP contribution in [0, 0.1) is 0 Å². The number of hydrogen-bond donors (Lipinski definition) is 0. The predicted molar refractivity (Wildman–Crippen MR) is 112 cm³/mol. The van der Waals surface area contributed by atoms with Crippen LogP contribution in [0.3, 0.4) is 0 Å². The molecule has 0 atom stereocenters. The Morgan fingerprint density at radius 3 is 1.85 bits per heavy atom. The van der Waals surface area contributed by atoms with Crippen molar-refractivity contribution in [3.63, 3.8) is 0 Å². The van der Waals surface area contributed by atoms with Crippen LogP contribution in [0.1, 0.15) is 31.7 Å². The Bertz CT molecular complexity index is 891. The molecule has 0 spiro atoms. The van der Waals surface area contributed by atoms with E-state index in [4.69, 9.17) is 4.84 Å². The molecule has 4 rings (SSSR count). The lowest BCUT2D eigenvalue weighted by molar-refractivity contribution is 0.195. The third kappa shape index (κ3) is 3.54. The first kappa shape index (κ1) is 17.2. The molecule has 1 aliphatic rings. The maximum Gasteiger partial charge on any atom is 0.161 e. The number of hydrazine groups is 1. The van der Waals surface area contributed by atoms with Crippen molar-refractivity contribution >= 4 is 17.1 Å². The highest BCUT2D eigenvalue weighted by atomic mass is 16.7. The molecule has 1 heterocycles. The smallest absolute Gasteiger partial charge is 0.161 e. The zero-order valence-electron chi connectivity index (χ0n) is 15.6. The molecular weight excluding hydrogens is 332 g/mol. The highest BCUT2D eigenvalue weighted by molar-refractivity contribution is 5.85. The largest absolute Gasteiger partial charge is 0.361 e. The fourth-order valence-corrected chi connectivity index (χ4v) is 3.30. The zero-order chi connectivity index (χ0) is 18.5. The van der Waals surface area contributed by atoms with E-state index in [0.717, 1.165) is 47.7 Å². The zero-order valence-corrected chi connectivity index (χ0v) is 15.6. The van der Waals surface area contributed by atoms with Gasteiger partial charge in [-0.05, 0) is 30.7 Å². The van der Waals surface area contributed by atoms with E-state index in [1.165, 1.54) is 0 Å². The lowest BCUT2D eigenvalue weighted by Gasteiger charge is -2.30. The topological polar surface area (TPSA) is 15.7 Å². The molecule has 1 aliphatic heterocycles. The van der Waals surface area contributed by atoms with E-state index in [0.29, 0.717) is 0 Å². The van der Waals surface area contributed by atoms with Crippen molar-refractivity contribution in [1.82, 2.24) is 0 Å². The lowest BCUT2D eigenvalue weighted by atomic mass is 10.1. The molecule has 0 N–H and O–H groups in total. The molecule has 27 heavy (non-hydrogen) atoms. The summed E-state index contributed by atoms with van der Waals surface area (Å²) in [5.74, 6) is 1.01. The summed E-state index contributed by atoms with van der Waals surface area (Å²) in [7, 11) is 0. The summed E-state index contributed by atoms with van der Waals surface area (Å²) >= 11 is 0. The summed E-state index contributed by atoms with van der Waals surface area (Å²) in [6, 6.07) is 31.1. The number of anilines is 2. The molecule has 3 aromatic carbocycles. The highest BCUT2D eigenvalue weighted by Crippen LogP contribution is 2.40. The summed E-state index contributed by atoms with van der Waals surface area (Å²) in [5, 5.41) is 4.08. The molecule has 0 unspecified atom stereocenters. The molecule has 0 saturated heterocycles. The van der Waals surface area contributed by atoms with Crippen LogP contribution in [0.25, 0.3) is 5.70 Å². The fourth-order valence-electron chi connectivity index (χ4n) is 3.30. The third-order valence-electron chi connectivity index (χ3n) is 4.64. The number of nitrogens with zero attached hydrogens (tertiary/aromatic N) is 2. The second kappa shape index (κ2) is 8.00. The highest BCUT2D eigenvalue weighted by Gasteiger charge is 2.34. The van der Waals surface area contributed by atoms with Gasteiger partial charge in [0.25, 0.3) is 0 Å². The lowest BCUT2D eigenvalue weighted by Crippen LogP contribution is -2.36. The van der Waals surface area contributed by atoms with Crippen LogP contribution in [0.15, 0.2) is 96.8 Å². The van der Waals surface area contributed by atoms with Crippen molar-refractivity contribution in [1.29, 1.82) is 0 Å². The molecule has 0 saturated carbocycles. The molecule has 0 aliphatic carbocycles. The average molecular weight is 356 g/mol. The van der Waals surface area contributed by atoms with Crippen LogP contribution in [0.2, 0.25) is 0 Å². The molecule has 0 radical (unpaired) electrons. The first-order valence-electron chi connectivity index (χ1n) is 9.55. The van der Waals surface area contributed by atoms with Crippen LogP contribution in [0.4, 0.5) is 11.4 Å². The minimum Gasteiger partial charge on any atom is -0.361 e. The fraction of sp³-hybridized carbons (Fsp3) is 0.167. The molecule has 0 fully saturated rings. The molecule has 3 heteroatoms. The summed E-state index contributed by atoms with van der Waals surface area (Å²) < 4.78 is 0. The SMILES string of the molecule is CCCCC1=C(c2ccccc2)N(c2ccccc2)N(c2ccccc2)O1. The monoisotopic (exact) mass is 356 g/mol. The number of para-hydroxylation sites is 2. The van der Waals surface area contributed by atoms with Gasteiger partial charge in [0.15, 0.2) is 5.76 Å². The third-order valence-corrected chi connectivity index (χ3v) is 4.64. The van der Waals surface area contributed by atoms with Crippen molar-refractivity contribution < 1.29 is 4.84 Å². The first-order chi connectivity index (χ1) is 13.4. The van der Waals surface area contributed by atoms with Gasteiger partial charge in [-0.2, -0.15) is 0 Å². The van der Waals surface area contributed by atoms with Crippen molar-refractivity contribution in [2.45, 2.75) is 26.2 Å². The van der Waals surface area contributed by atoms with Gasteiger partial charge < -0.3 is 4.84 Å². The maximum atomic E-state index is 6.42. The molecule has 0 amide bonds. The first-order valence-corrected chi connectivity index (χ1v) is 9.55. The van der Waals surface area contributed by atoms with Gasteiger partial charge in [0.1, 0.15) is 5.70 Å². The molecule has 3 aromatic rings. The van der Waals surface area contributed by atoms with E-state index in [9.17, 15) is 0 Å². The standard InChI is InChI=1S/C24H24N2O/c1-2-3-19-23-24(20-13-7-4-8-14-20)25(21-15-9-5-10-16-21)26(27-23)22-17-11-6-12-18-22/h4-18H,2-3,19H2,1H3. The van der Waals surface area contributed by atoms with Gasteiger partial charge in [0.2, 0.25) is 0 Å². The van der Waals surface area contributed by atoms with Crippen molar-refractivity contribution in [2.75, 3.05) is 10.2 Å². The van der Waals surface area contributed by atoms with E-state index >= 15 is 0 Å². The van der Waals surface area contributed by atoms with E-state index in [1.807, 2.05) is 35.5 Å². The Labute approximate surface area is 161 Å². The summed E-state index contributed by atoms with van der Waals surface area (Å²) in [6.07, 6.45) is 3.13. The molecular formula is C24H24N2O. The van der Waals surface area contributed by atoms with Gasteiger partial charge >= 0.3 is 0 Å². The second-order valence-electron chi connectivity index (χ2n) is 6.59. The van der Waals surface area contributed by atoms with Gasteiger partial charge in [0.05, 0.1) is 11.4 Å². The van der Waals surface area contributed by atoms with Crippen molar-refractivity contribution in [2.24, 2.45) is 0 Å². The van der Waals surface area contributed by atoms with Crippen LogP contribution < -0.4 is 10.2 Å². The number of unbranched alkanes of at least 4 members (excludes halogenated alkanes) is 1. The van der Waals surface area contributed by atoms with E-state index in [2.05, 4.69) is 72.6 Å². The summed E-state index contributed by atoms with van der Waals surface area (Å²) in [5.41, 5.74) is 4.35. The molecule has 3 nitrogen and oxygen atoms in total. The number of hydrogen-bond acceptors (Lipinski definition) is 3. The Morgan fingerprint density at radius 2 is 1.26 bits per heavy atom. The van der Waals surface area contributed by atoms with Gasteiger partial charge in [-0.25, -0.2) is 5.01 Å². The average Bonchev–Trinajstić information content (AvgIpc) is 3.13. The van der Waals surface area contributed by atoms with E-state index in [1.54, 1.807) is 0 Å². The van der Waals surface area contributed by atoms with Crippen LogP contribution >= 0.6 is 0 Å². The molecule has 136 valence electrons. The van der Waals surface area contributed by atoms with Gasteiger partial charge in [-0.3, -0.25) is 0 Å². The Morgan fingerprint density at radius 1 is 0.704 bits per heavy atom. The Balaban J connectivity index is 1.85. The molecule has 0 bridgehead atoms. The quantitative estimate of drug-likeness (QED) is 0.507. The summed E-state index contributed by atoms with van der Waals surface area (Å²) in [6.45, 7) is 2.21. The predicted octanol–water partition coefficient (Wildman–Crippen LogP) is 6.42. The van der Waals surface area contributed by atoms with Crippen molar-refractivity contribution in [3.8, 4) is 0 Å². The van der Waals surface area contributed by atoms with Gasteiger partial charge in [-0.15, -0.1) is 5.17 Å². The number of benzene rings is 3. The van der Waals surface area contributed by atoms with Crippen LogP contribution in [-0.2, 0) is 4.84 Å². The van der Waals surface area contributed by atoms with Gasteiger partial charge in [-0.1, -0.05) is 80.1 Å². The molecule has 0 aromatic heterocycles. The number of rotatable bonds is 6. The minimum atomic E-state index is 0.910. The summed E-state index contributed by atoms with van der Waals surface area (Å²) in [4.78, 5) is 6.42. The number of allylic oxidation sites excluding steroid dienone is 1. The maximum absolute atomic E-state index is 6.42. The van der Waals surface area contributed by atoms with Crippen LogP contribution in [-0.4, -0.2) is 0 Å². The Hall–Kier alpha value is -3.20. The second-order valence-corrected chi connectivity index (χ2v) is 6.59. The van der Waals surface area contributed by atoms with Crippen molar-refractivity contribution in [3.05, 3.63) is 102 Å². The van der Waals surface area contributed by atoms with Crippen LogP contribution in [0.5, 0.6) is 0 Å². The minimum absolute atomic E-state index is 0.910. The Kier molecular flexibility index (Phi) is 5.10. The van der Waals surface area contributed by atoms with E-state index in [-0.39, 0.29) is 0 Å². The normalized spacial score (nSPS) is 13.8.